The van der Waals surface area contributed by atoms with Gasteiger partial charge in [0.2, 0.25) is 21.1 Å². The van der Waals surface area contributed by atoms with E-state index in [9.17, 15) is 9.90 Å². The van der Waals surface area contributed by atoms with E-state index < -0.39 is 0 Å². The van der Waals surface area contributed by atoms with Gasteiger partial charge in [-0.25, -0.2) is 0 Å². The van der Waals surface area contributed by atoms with Gasteiger partial charge in [0.05, 0.1) is 0 Å². The maximum absolute atomic E-state index is 13.2. The van der Waals surface area contributed by atoms with Crippen molar-refractivity contribution in [2.24, 2.45) is 5.41 Å². The Morgan fingerprint density at radius 2 is 1.53 bits per heavy atom. The van der Waals surface area contributed by atoms with Gasteiger partial charge in [-0.05, 0) is 69.9 Å². The number of thioether (sulfide) groups is 1. The number of carbonyl (C=O) groups is 1. The molecular formula is C34H46O2S2. The quantitative estimate of drug-likeness (QED) is 0.165. The molecule has 0 saturated heterocycles. The molecule has 0 fully saturated rings. The van der Waals surface area contributed by atoms with Crippen LogP contribution in [0.25, 0.3) is 6.08 Å². The summed E-state index contributed by atoms with van der Waals surface area (Å²) in [5.74, 6) is -0.269. The fraction of sp³-hybridized carbons (Fsp3) is 0.529. The van der Waals surface area contributed by atoms with Crippen LogP contribution in [0.3, 0.4) is 0 Å². The average molecular weight is 551 g/mol. The van der Waals surface area contributed by atoms with E-state index in [1.54, 1.807) is 0 Å². The minimum atomic E-state index is -0.135. The molecule has 2 nitrogen and oxygen atoms in total. The SMILES string of the molecule is CCCCCC1=CC(=CC2=C([O-])C(=Cc3cc(CCCCC)[s+]c(C(C)(C)C)c3)C2=O)C=C(C(C)(C)C)S1. The third-order valence-corrected chi connectivity index (χ3v) is 9.93. The van der Waals surface area contributed by atoms with Gasteiger partial charge >= 0.3 is 0 Å². The maximum Gasteiger partial charge on any atom is 0.219 e. The Kier molecular flexibility index (Phi) is 10.4. The molecule has 0 N–H and O–H groups in total. The van der Waals surface area contributed by atoms with E-state index in [2.05, 4.69) is 79.7 Å². The molecular weight excluding hydrogens is 505 g/mol. The predicted octanol–water partition coefficient (Wildman–Crippen LogP) is 9.71. The summed E-state index contributed by atoms with van der Waals surface area (Å²) in [4.78, 5) is 18.4. The molecule has 4 heteroatoms. The molecule has 0 unspecified atom stereocenters. The van der Waals surface area contributed by atoms with E-state index in [-0.39, 0.29) is 22.4 Å². The van der Waals surface area contributed by atoms with Crippen LogP contribution in [-0.2, 0) is 16.6 Å². The second kappa shape index (κ2) is 13.0. The maximum atomic E-state index is 13.2. The first-order chi connectivity index (χ1) is 17.8. The Morgan fingerprint density at radius 3 is 2.11 bits per heavy atom. The highest BCUT2D eigenvalue weighted by atomic mass is 32.2. The van der Waals surface area contributed by atoms with E-state index in [4.69, 9.17) is 0 Å². The number of aryl methyl sites for hydroxylation is 1. The summed E-state index contributed by atoms with van der Waals surface area (Å²) in [5.41, 5.74) is 2.59. The number of ketones is 1. The number of hydrogen-bond donors (Lipinski definition) is 0. The largest absolute Gasteiger partial charge is 0.871 e. The van der Waals surface area contributed by atoms with Crippen LogP contribution < -0.4 is 5.11 Å². The predicted molar refractivity (Wildman–Crippen MR) is 166 cm³/mol. The first-order valence-corrected chi connectivity index (χ1v) is 15.9. The number of carbonyl (C=O) groups excluding carboxylic acids is 1. The molecule has 1 aromatic heterocycles. The highest BCUT2D eigenvalue weighted by Gasteiger charge is 2.29. The van der Waals surface area contributed by atoms with Crippen molar-refractivity contribution in [1.29, 1.82) is 0 Å². The van der Waals surface area contributed by atoms with Crippen molar-refractivity contribution in [2.45, 2.75) is 112 Å². The molecule has 2 aliphatic rings. The third-order valence-electron chi connectivity index (χ3n) is 6.87. The van der Waals surface area contributed by atoms with Gasteiger partial charge in [0.15, 0.2) is 5.78 Å². The van der Waals surface area contributed by atoms with Crippen molar-refractivity contribution < 1.29 is 9.90 Å². The summed E-state index contributed by atoms with van der Waals surface area (Å²) in [5, 5.41) is 13.2. The van der Waals surface area contributed by atoms with Crippen molar-refractivity contribution in [3.63, 3.8) is 0 Å². The van der Waals surface area contributed by atoms with Gasteiger partial charge in [-0.2, -0.15) is 0 Å². The van der Waals surface area contributed by atoms with Gasteiger partial charge in [-0.15, -0.1) is 0 Å². The van der Waals surface area contributed by atoms with E-state index >= 15 is 0 Å². The van der Waals surface area contributed by atoms with E-state index in [0.717, 1.165) is 36.8 Å². The second-order valence-electron chi connectivity index (χ2n) is 12.6. The van der Waals surface area contributed by atoms with Crippen LogP contribution in [0.1, 0.15) is 116 Å². The molecule has 0 radical (unpaired) electrons. The van der Waals surface area contributed by atoms with Crippen molar-refractivity contribution >= 4 is 35.0 Å². The number of rotatable bonds is 10. The van der Waals surface area contributed by atoms with Gasteiger partial charge in [-0.3, -0.25) is 4.79 Å². The highest BCUT2D eigenvalue weighted by molar-refractivity contribution is 8.06. The van der Waals surface area contributed by atoms with Gasteiger partial charge < -0.3 is 5.11 Å². The molecule has 0 amide bonds. The smallest absolute Gasteiger partial charge is 0.219 e. The minimum absolute atomic E-state index is 0.0191. The van der Waals surface area contributed by atoms with Crippen molar-refractivity contribution in [1.82, 2.24) is 0 Å². The summed E-state index contributed by atoms with van der Waals surface area (Å²) in [6.07, 6.45) is 17.2. The van der Waals surface area contributed by atoms with E-state index in [1.165, 1.54) is 45.2 Å². The number of allylic oxidation sites excluding steroid dienone is 8. The summed E-state index contributed by atoms with van der Waals surface area (Å²) < 4.78 is 0. The van der Waals surface area contributed by atoms with Crippen LogP contribution in [0.2, 0.25) is 0 Å². The zero-order valence-electron chi connectivity index (χ0n) is 24.8. The van der Waals surface area contributed by atoms with E-state index in [0.29, 0.717) is 11.1 Å². The average Bonchev–Trinajstić information content (AvgIpc) is 2.85. The van der Waals surface area contributed by atoms with E-state index in [1.807, 2.05) is 35.3 Å². The molecule has 0 aromatic carbocycles. The third kappa shape index (κ3) is 8.05. The fourth-order valence-corrected chi connectivity index (χ4v) is 6.89. The lowest BCUT2D eigenvalue weighted by molar-refractivity contribution is -0.300. The van der Waals surface area contributed by atoms with Gasteiger partial charge in [0.25, 0.3) is 0 Å². The lowest BCUT2D eigenvalue weighted by Gasteiger charge is -2.30. The van der Waals surface area contributed by atoms with Crippen LogP contribution in [0.4, 0.5) is 0 Å². The molecule has 0 bridgehead atoms. The van der Waals surface area contributed by atoms with Crippen LogP contribution in [-0.4, -0.2) is 5.78 Å². The first kappa shape index (κ1) is 30.6. The summed E-state index contributed by atoms with van der Waals surface area (Å²) in [7, 11) is 0. The van der Waals surface area contributed by atoms with Gasteiger partial charge in [0.1, 0.15) is 0 Å². The van der Waals surface area contributed by atoms with Crippen LogP contribution >= 0.6 is 23.1 Å². The number of unbranched alkanes of at least 4 members (excludes halogenated alkanes) is 4. The number of hydrogen-bond acceptors (Lipinski definition) is 3. The Labute approximate surface area is 239 Å². The Hall–Kier alpha value is -1.91. The summed E-state index contributed by atoms with van der Waals surface area (Å²) in [6.45, 7) is 17.7. The molecule has 2 heterocycles. The molecule has 0 spiro atoms. The second-order valence-corrected chi connectivity index (χ2v) is 15.0. The molecule has 0 saturated carbocycles. The lowest BCUT2D eigenvalue weighted by Crippen LogP contribution is -2.29. The van der Waals surface area contributed by atoms with Crippen LogP contribution in [0.15, 0.2) is 62.6 Å². The topological polar surface area (TPSA) is 40.1 Å². The summed E-state index contributed by atoms with van der Waals surface area (Å²) in [6, 6.07) is 4.32. The molecule has 1 aliphatic carbocycles. The Morgan fingerprint density at radius 1 is 0.868 bits per heavy atom. The Bertz CT molecular complexity index is 1190. The van der Waals surface area contributed by atoms with Crippen LogP contribution in [0, 0.1) is 5.41 Å². The normalized spacial score (nSPS) is 18.7. The van der Waals surface area contributed by atoms with Crippen LogP contribution in [0.5, 0.6) is 0 Å². The molecule has 38 heavy (non-hydrogen) atoms. The zero-order valence-corrected chi connectivity index (χ0v) is 26.4. The number of Topliss-reactive ketones (excluding diaryl/α,β-unsaturated/α-hetero) is 1. The molecule has 0 atom stereocenters. The molecule has 206 valence electrons. The fourth-order valence-electron chi connectivity index (χ4n) is 4.44. The summed E-state index contributed by atoms with van der Waals surface area (Å²) >= 11 is 3.71. The standard InChI is InChI=1S/C34H46O2S2/c1-9-11-13-15-25-17-23(21-29(37-25)33(3,4)5)19-27-31(35)28(32(27)36)20-24-18-26(16-14-12-10-2)38-30(22-24)34(6,7)8/h17-22H,9-16H2,1-8H3. The lowest BCUT2D eigenvalue weighted by atomic mass is 9.84. The van der Waals surface area contributed by atoms with Crippen molar-refractivity contribution in [2.75, 3.05) is 0 Å². The van der Waals surface area contributed by atoms with Crippen molar-refractivity contribution in [3.8, 4) is 0 Å². The van der Waals surface area contributed by atoms with Gasteiger partial charge in [-0.1, -0.05) is 98.6 Å². The zero-order chi connectivity index (χ0) is 28.1. The minimum Gasteiger partial charge on any atom is -0.871 e. The Balaban J connectivity index is 1.94. The monoisotopic (exact) mass is 550 g/mol. The molecule has 3 rings (SSSR count). The van der Waals surface area contributed by atoms with Gasteiger partial charge in [0, 0.05) is 35.1 Å². The highest BCUT2D eigenvalue weighted by Crippen LogP contribution is 2.45. The molecule has 1 aliphatic heterocycles. The first-order valence-electron chi connectivity index (χ1n) is 14.3. The van der Waals surface area contributed by atoms with Crippen molar-refractivity contribution in [3.05, 3.63) is 78.0 Å². The molecule has 1 aromatic rings.